The van der Waals surface area contributed by atoms with E-state index in [9.17, 15) is 0 Å². The van der Waals surface area contributed by atoms with Crippen LogP contribution in [-0.4, -0.2) is 15.0 Å². The van der Waals surface area contributed by atoms with Crippen molar-refractivity contribution < 1.29 is 0 Å². The average molecular weight is 414 g/mol. The summed E-state index contributed by atoms with van der Waals surface area (Å²) >= 11 is 0. The smallest absolute Gasteiger partial charge is 0.164 e. The number of hydrogen-bond acceptors (Lipinski definition) is 3. The van der Waals surface area contributed by atoms with Crippen molar-refractivity contribution >= 4 is 0 Å². The van der Waals surface area contributed by atoms with E-state index in [-0.39, 0.29) is 0 Å². The van der Waals surface area contributed by atoms with Crippen LogP contribution in [0.4, 0.5) is 0 Å². The fourth-order valence-electron chi connectivity index (χ4n) is 3.78. The van der Waals surface area contributed by atoms with E-state index in [0.717, 1.165) is 16.7 Å². The number of nitrogens with zero attached hydrogens (tertiary/aromatic N) is 3. The van der Waals surface area contributed by atoms with Crippen LogP contribution in [0.1, 0.15) is 11.1 Å². The molecule has 1 aromatic heterocycles. The lowest BCUT2D eigenvalue weighted by Crippen LogP contribution is -2.00. The molecule has 0 aliphatic heterocycles. The summed E-state index contributed by atoms with van der Waals surface area (Å²) in [6, 6.07) is 35.1. The molecule has 5 rings (SSSR count). The Balaban J connectivity index is 1.60. The zero-order valence-electron chi connectivity index (χ0n) is 18.2. The Hall–Kier alpha value is -4.11. The number of aryl methyl sites for hydroxylation is 2. The molecule has 0 saturated carbocycles. The normalized spacial score (nSPS) is 10.8. The molecule has 0 spiro atoms. The highest BCUT2D eigenvalue weighted by Gasteiger charge is 2.12. The molecular formula is C29H23N3. The van der Waals surface area contributed by atoms with Gasteiger partial charge in [0, 0.05) is 16.7 Å². The third-order valence-corrected chi connectivity index (χ3v) is 5.55. The van der Waals surface area contributed by atoms with Crippen molar-refractivity contribution in [3.8, 4) is 45.3 Å². The van der Waals surface area contributed by atoms with Crippen molar-refractivity contribution in [2.75, 3.05) is 0 Å². The van der Waals surface area contributed by atoms with Gasteiger partial charge in [-0.1, -0.05) is 109 Å². The van der Waals surface area contributed by atoms with E-state index in [4.69, 9.17) is 15.0 Å². The molecule has 5 aromatic rings. The molecule has 154 valence electrons. The minimum absolute atomic E-state index is 0.672. The second-order valence-corrected chi connectivity index (χ2v) is 7.93. The lowest BCUT2D eigenvalue weighted by molar-refractivity contribution is 1.07. The van der Waals surface area contributed by atoms with Gasteiger partial charge in [0.15, 0.2) is 17.5 Å². The van der Waals surface area contributed by atoms with Crippen LogP contribution in [-0.2, 0) is 0 Å². The third-order valence-electron chi connectivity index (χ3n) is 5.55. The summed E-state index contributed by atoms with van der Waals surface area (Å²) in [5.41, 5.74) is 7.88. The lowest BCUT2D eigenvalue weighted by Gasteiger charge is -2.10. The minimum atomic E-state index is 0.672. The van der Waals surface area contributed by atoms with Gasteiger partial charge in [0.25, 0.3) is 0 Å². The predicted octanol–water partition coefficient (Wildman–Crippen LogP) is 7.16. The quantitative estimate of drug-likeness (QED) is 0.314. The summed E-state index contributed by atoms with van der Waals surface area (Å²) in [5.74, 6) is 2.02. The summed E-state index contributed by atoms with van der Waals surface area (Å²) in [4.78, 5) is 14.4. The first-order valence-corrected chi connectivity index (χ1v) is 10.7. The van der Waals surface area contributed by atoms with E-state index in [1.807, 2.05) is 60.7 Å². The Morgan fingerprint density at radius 1 is 0.438 bits per heavy atom. The van der Waals surface area contributed by atoms with Crippen molar-refractivity contribution in [1.82, 2.24) is 15.0 Å². The summed E-state index contributed by atoms with van der Waals surface area (Å²) in [6.45, 7) is 4.27. The molecule has 3 heteroatoms. The van der Waals surface area contributed by atoms with Crippen LogP contribution in [0.3, 0.4) is 0 Å². The van der Waals surface area contributed by atoms with Gasteiger partial charge in [-0.3, -0.25) is 0 Å². The molecule has 0 N–H and O–H groups in total. The molecule has 0 aliphatic rings. The summed E-state index contributed by atoms with van der Waals surface area (Å²) < 4.78 is 0. The Morgan fingerprint density at radius 2 is 0.875 bits per heavy atom. The maximum atomic E-state index is 4.81. The predicted molar refractivity (Wildman–Crippen MR) is 131 cm³/mol. The van der Waals surface area contributed by atoms with Gasteiger partial charge in [-0.25, -0.2) is 15.0 Å². The molecule has 0 fully saturated rings. The molecular weight excluding hydrogens is 390 g/mol. The molecule has 0 atom stereocenters. The highest BCUT2D eigenvalue weighted by molar-refractivity contribution is 5.72. The van der Waals surface area contributed by atoms with E-state index in [1.165, 1.54) is 22.3 Å². The van der Waals surface area contributed by atoms with Crippen LogP contribution >= 0.6 is 0 Å². The van der Waals surface area contributed by atoms with Gasteiger partial charge in [-0.05, 0) is 30.5 Å². The van der Waals surface area contributed by atoms with Crippen LogP contribution in [0.15, 0.2) is 103 Å². The van der Waals surface area contributed by atoms with Gasteiger partial charge in [0.2, 0.25) is 0 Å². The number of hydrogen-bond donors (Lipinski definition) is 0. The molecule has 3 nitrogen and oxygen atoms in total. The van der Waals surface area contributed by atoms with E-state index < -0.39 is 0 Å². The first-order valence-electron chi connectivity index (χ1n) is 10.7. The number of benzene rings is 4. The van der Waals surface area contributed by atoms with Crippen LogP contribution in [0.5, 0.6) is 0 Å². The van der Waals surface area contributed by atoms with Crippen molar-refractivity contribution in [2.45, 2.75) is 13.8 Å². The van der Waals surface area contributed by atoms with Crippen LogP contribution in [0.25, 0.3) is 45.3 Å². The molecule has 32 heavy (non-hydrogen) atoms. The summed E-state index contributed by atoms with van der Waals surface area (Å²) in [6.07, 6.45) is 0. The van der Waals surface area contributed by atoms with E-state index in [0.29, 0.717) is 17.5 Å². The zero-order chi connectivity index (χ0) is 21.9. The fraction of sp³-hybridized carbons (Fsp3) is 0.0690. The monoisotopic (exact) mass is 413 g/mol. The van der Waals surface area contributed by atoms with Crippen molar-refractivity contribution in [1.29, 1.82) is 0 Å². The zero-order valence-corrected chi connectivity index (χ0v) is 18.2. The number of rotatable bonds is 4. The summed E-state index contributed by atoms with van der Waals surface area (Å²) in [7, 11) is 0. The second-order valence-electron chi connectivity index (χ2n) is 7.93. The largest absolute Gasteiger partial charge is 0.208 e. The SMILES string of the molecule is Cc1ccc(C)c(-c2ccc(-c3nc(-c4ccccc4)nc(-c4ccccc4)n3)cc2)c1. The first-order chi connectivity index (χ1) is 15.7. The Kier molecular flexibility index (Phi) is 5.30. The topological polar surface area (TPSA) is 38.7 Å². The third kappa shape index (κ3) is 4.06. The Labute approximate surface area is 188 Å². The highest BCUT2D eigenvalue weighted by atomic mass is 15.0. The molecule has 0 unspecified atom stereocenters. The van der Waals surface area contributed by atoms with Crippen molar-refractivity contribution in [2.24, 2.45) is 0 Å². The van der Waals surface area contributed by atoms with Gasteiger partial charge < -0.3 is 0 Å². The summed E-state index contributed by atoms with van der Waals surface area (Å²) in [5, 5.41) is 0. The van der Waals surface area contributed by atoms with Gasteiger partial charge >= 0.3 is 0 Å². The fourth-order valence-corrected chi connectivity index (χ4v) is 3.78. The maximum Gasteiger partial charge on any atom is 0.164 e. The van der Waals surface area contributed by atoms with Gasteiger partial charge in [0.05, 0.1) is 0 Å². The standard InChI is InChI=1S/C29H23N3/c1-20-13-14-21(2)26(19-20)22-15-17-25(18-16-22)29-31-27(23-9-5-3-6-10-23)30-28(32-29)24-11-7-4-8-12-24/h3-19H,1-2H3. The van der Waals surface area contributed by atoms with Crippen LogP contribution in [0.2, 0.25) is 0 Å². The van der Waals surface area contributed by atoms with Crippen molar-refractivity contribution in [3.05, 3.63) is 114 Å². The van der Waals surface area contributed by atoms with Crippen LogP contribution < -0.4 is 0 Å². The van der Waals surface area contributed by atoms with Gasteiger partial charge in [-0.2, -0.15) is 0 Å². The van der Waals surface area contributed by atoms with Crippen LogP contribution in [0, 0.1) is 13.8 Å². The minimum Gasteiger partial charge on any atom is -0.208 e. The first kappa shape index (κ1) is 19.8. The molecule has 1 heterocycles. The Bertz CT molecular complexity index is 1300. The van der Waals surface area contributed by atoms with E-state index in [2.05, 4.69) is 56.3 Å². The molecule has 4 aromatic carbocycles. The van der Waals surface area contributed by atoms with Crippen molar-refractivity contribution in [3.63, 3.8) is 0 Å². The maximum absolute atomic E-state index is 4.81. The molecule has 0 bridgehead atoms. The molecule has 0 radical (unpaired) electrons. The number of aromatic nitrogens is 3. The van der Waals surface area contributed by atoms with Gasteiger partial charge in [-0.15, -0.1) is 0 Å². The van der Waals surface area contributed by atoms with E-state index in [1.54, 1.807) is 0 Å². The molecule has 0 saturated heterocycles. The second kappa shape index (κ2) is 8.56. The van der Waals surface area contributed by atoms with Gasteiger partial charge in [0.1, 0.15) is 0 Å². The average Bonchev–Trinajstić information content (AvgIpc) is 2.86. The molecule has 0 aliphatic carbocycles. The molecule has 0 amide bonds. The highest BCUT2D eigenvalue weighted by Crippen LogP contribution is 2.28. The lowest BCUT2D eigenvalue weighted by atomic mass is 9.97. The Morgan fingerprint density at radius 3 is 1.38 bits per heavy atom. The van der Waals surface area contributed by atoms with E-state index >= 15 is 0 Å².